The second-order valence-electron chi connectivity index (χ2n) is 5.01. The molecule has 1 aromatic rings. The highest BCUT2D eigenvalue weighted by Crippen LogP contribution is 2.20. The summed E-state index contributed by atoms with van der Waals surface area (Å²) in [5, 5.41) is 3.16. The molecule has 2 nitrogen and oxygen atoms in total. The fourth-order valence-corrected chi connectivity index (χ4v) is 1.30. The van der Waals surface area contributed by atoms with E-state index in [2.05, 4.69) is 26.1 Å². The molecule has 84 valence electrons. The molecular formula is C12H19FN2. The van der Waals surface area contributed by atoms with E-state index in [1.165, 1.54) is 12.1 Å². The Morgan fingerprint density at radius 1 is 1.27 bits per heavy atom. The SMILES string of the molecule is CC(C)(C)CCNc1cc(N)cc(F)c1. The molecule has 0 amide bonds. The first-order valence-electron chi connectivity index (χ1n) is 5.17. The van der Waals surface area contributed by atoms with Gasteiger partial charge in [0.1, 0.15) is 5.82 Å². The molecule has 0 aliphatic carbocycles. The van der Waals surface area contributed by atoms with E-state index >= 15 is 0 Å². The number of rotatable bonds is 3. The Bertz CT molecular complexity index is 309. The fraction of sp³-hybridized carbons (Fsp3) is 0.500. The summed E-state index contributed by atoms with van der Waals surface area (Å²) >= 11 is 0. The predicted molar refractivity (Wildman–Crippen MR) is 63.4 cm³/mol. The molecule has 0 radical (unpaired) electrons. The second kappa shape index (κ2) is 4.51. The summed E-state index contributed by atoms with van der Waals surface area (Å²) in [7, 11) is 0. The summed E-state index contributed by atoms with van der Waals surface area (Å²) in [6.07, 6.45) is 1.03. The molecule has 1 rings (SSSR count). The molecular weight excluding hydrogens is 191 g/mol. The summed E-state index contributed by atoms with van der Waals surface area (Å²) < 4.78 is 13.0. The van der Waals surface area contributed by atoms with Crippen LogP contribution in [0.3, 0.4) is 0 Å². The van der Waals surface area contributed by atoms with Crippen LogP contribution in [0.1, 0.15) is 27.2 Å². The maximum absolute atomic E-state index is 13.0. The molecule has 0 bridgehead atoms. The molecule has 0 spiro atoms. The minimum Gasteiger partial charge on any atom is -0.399 e. The molecule has 0 aromatic heterocycles. The second-order valence-corrected chi connectivity index (χ2v) is 5.01. The van der Waals surface area contributed by atoms with E-state index in [4.69, 9.17) is 5.73 Å². The third-order valence-corrected chi connectivity index (χ3v) is 2.12. The third kappa shape index (κ3) is 4.68. The maximum atomic E-state index is 13.0. The van der Waals surface area contributed by atoms with Crippen LogP contribution < -0.4 is 11.1 Å². The Kier molecular flexibility index (Phi) is 3.56. The van der Waals surface area contributed by atoms with E-state index in [1.807, 2.05) is 0 Å². The van der Waals surface area contributed by atoms with Crippen molar-refractivity contribution in [1.82, 2.24) is 0 Å². The van der Waals surface area contributed by atoms with Gasteiger partial charge in [0.25, 0.3) is 0 Å². The molecule has 1 aromatic carbocycles. The summed E-state index contributed by atoms with van der Waals surface area (Å²) in [4.78, 5) is 0. The number of halogens is 1. The first kappa shape index (κ1) is 11.8. The quantitative estimate of drug-likeness (QED) is 0.751. The molecule has 0 unspecified atom stereocenters. The van der Waals surface area contributed by atoms with Crippen LogP contribution in [-0.4, -0.2) is 6.54 Å². The number of nitrogens with two attached hydrogens (primary N) is 1. The van der Waals surface area contributed by atoms with Crippen LogP contribution in [0.2, 0.25) is 0 Å². The Hall–Kier alpha value is -1.25. The number of anilines is 2. The lowest BCUT2D eigenvalue weighted by molar-refractivity contribution is 0.390. The smallest absolute Gasteiger partial charge is 0.127 e. The van der Waals surface area contributed by atoms with Crippen LogP contribution in [0, 0.1) is 11.2 Å². The average Bonchev–Trinajstić information content (AvgIpc) is 1.99. The first-order chi connectivity index (χ1) is 6.87. The van der Waals surface area contributed by atoms with Gasteiger partial charge < -0.3 is 11.1 Å². The summed E-state index contributed by atoms with van der Waals surface area (Å²) in [5.74, 6) is -0.298. The van der Waals surface area contributed by atoms with Crippen molar-refractivity contribution in [3.8, 4) is 0 Å². The first-order valence-corrected chi connectivity index (χ1v) is 5.17. The van der Waals surface area contributed by atoms with Gasteiger partial charge in [-0.05, 0) is 30.0 Å². The van der Waals surface area contributed by atoms with Gasteiger partial charge in [0.2, 0.25) is 0 Å². The highest BCUT2D eigenvalue weighted by atomic mass is 19.1. The molecule has 0 aliphatic rings. The number of benzene rings is 1. The van der Waals surface area contributed by atoms with Crippen LogP contribution in [0.25, 0.3) is 0 Å². The van der Waals surface area contributed by atoms with Gasteiger partial charge in [-0.2, -0.15) is 0 Å². The van der Waals surface area contributed by atoms with Crippen LogP contribution in [-0.2, 0) is 0 Å². The lowest BCUT2D eigenvalue weighted by atomic mass is 9.92. The Balaban J connectivity index is 2.51. The Labute approximate surface area is 90.7 Å². The number of hydrogen-bond acceptors (Lipinski definition) is 2. The van der Waals surface area contributed by atoms with Crippen molar-refractivity contribution in [3.05, 3.63) is 24.0 Å². The molecule has 15 heavy (non-hydrogen) atoms. The van der Waals surface area contributed by atoms with Crippen LogP contribution >= 0.6 is 0 Å². The number of nitrogen functional groups attached to an aromatic ring is 1. The van der Waals surface area contributed by atoms with Crippen LogP contribution in [0.5, 0.6) is 0 Å². The van der Waals surface area contributed by atoms with Crippen molar-refractivity contribution in [1.29, 1.82) is 0 Å². The topological polar surface area (TPSA) is 38.0 Å². The molecule has 0 saturated carbocycles. The van der Waals surface area contributed by atoms with E-state index in [-0.39, 0.29) is 11.2 Å². The van der Waals surface area contributed by atoms with E-state index in [1.54, 1.807) is 6.07 Å². The van der Waals surface area contributed by atoms with Gasteiger partial charge in [-0.15, -0.1) is 0 Å². The lowest BCUT2D eigenvalue weighted by Gasteiger charge is -2.18. The standard InChI is InChI=1S/C12H19FN2/c1-12(2,3)4-5-15-11-7-9(13)6-10(14)8-11/h6-8,15H,4-5,14H2,1-3H3. The van der Waals surface area contributed by atoms with E-state index in [9.17, 15) is 4.39 Å². The van der Waals surface area contributed by atoms with Crippen molar-refractivity contribution >= 4 is 11.4 Å². The third-order valence-electron chi connectivity index (χ3n) is 2.12. The monoisotopic (exact) mass is 210 g/mol. The molecule has 0 saturated heterocycles. The summed E-state index contributed by atoms with van der Waals surface area (Å²) in [6, 6.07) is 4.51. The number of nitrogens with one attached hydrogen (secondary N) is 1. The highest BCUT2D eigenvalue weighted by molar-refractivity contribution is 5.54. The van der Waals surface area contributed by atoms with Gasteiger partial charge >= 0.3 is 0 Å². The average molecular weight is 210 g/mol. The molecule has 3 N–H and O–H groups in total. The molecule has 0 aliphatic heterocycles. The highest BCUT2D eigenvalue weighted by Gasteiger charge is 2.09. The normalized spacial score (nSPS) is 11.5. The minimum absolute atomic E-state index is 0.284. The zero-order valence-corrected chi connectivity index (χ0v) is 9.60. The fourth-order valence-electron chi connectivity index (χ4n) is 1.30. The minimum atomic E-state index is -0.298. The lowest BCUT2D eigenvalue weighted by Crippen LogP contribution is -2.13. The molecule has 0 fully saturated rings. The Morgan fingerprint density at radius 2 is 1.93 bits per heavy atom. The van der Waals surface area contributed by atoms with Gasteiger partial charge in [-0.1, -0.05) is 20.8 Å². The summed E-state index contributed by atoms with van der Waals surface area (Å²) in [6.45, 7) is 7.35. The van der Waals surface area contributed by atoms with Crippen molar-refractivity contribution in [2.45, 2.75) is 27.2 Å². The maximum Gasteiger partial charge on any atom is 0.127 e. The zero-order chi connectivity index (χ0) is 11.5. The largest absolute Gasteiger partial charge is 0.399 e. The molecule has 0 atom stereocenters. The zero-order valence-electron chi connectivity index (χ0n) is 9.60. The van der Waals surface area contributed by atoms with E-state index < -0.39 is 0 Å². The van der Waals surface area contributed by atoms with E-state index in [0.717, 1.165) is 18.7 Å². The van der Waals surface area contributed by atoms with E-state index in [0.29, 0.717) is 5.69 Å². The van der Waals surface area contributed by atoms with Crippen LogP contribution in [0.4, 0.5) is 15.8 Å². The van der Waals surface area contributed by atoms with Crippen molar-refractivity contribution in [3.63, 3.8) is 0 Å². The van der Waals surface area contributed by atoms with Crippen LogP contribution in [0.15, 0.2) is 18.2 Å². The van der Waals surface area contributed by atoms with Gasteiger partial charge in [-0.3, -0.25) is 0 Å². The molecule has 3 heteroatoms. The Morgan fingerprint density at radius 3 is 2.47 bits per heavy atom. The predicted octanol–water partition coefficient (Wildman–Crippen LogP) is 3.26. The van der Waals surface area contributed by atoms with Gasteiger partial charge in [0.15, 0.2) is 0 Å². The van der Waals surface area contributed by atoms with Gasteiger partial charge in [0, 0.05) is 17.9 Å². The molecule has 0 heterocycles. The van der Waals surface area contributed by atoms with Crippen molar-refractivity contribution < 1.29 is 4.39 Å². The van der Waals surface area contributed by atoms with Crippen molar-refractivity contribution in [2.24, 2.45) is 5.41 Å². The number of hydrogen-bond donors (Lipinski definition) is 2. The van der Waals surface area contributed by atoms with Gasteiger partial charge in [-0.25, -0.2) is 4.39 Å². The van der Waals surface area contributed by atoms with Crippen molar-refractivity contribution in [2.75, 3.05) is 17.6 Å². The van der Waals surface area contributed by atoms with Gasteiger partial charge in [0.05, 0.1) is 0 Å². The summed E-state index contributed by atoms with van der Waals surface area (Å²) in [5.41, 5.74) is 7.02.